The van der Waals surface area contributed by atoms with Gasteiger partial charge in [-0.25, -0.2) is 5.84 Å². The average Bonchev–Trinajstić information content (AvgIpc) is 3.00. The molecule has 3 heterocycles. The van der Waals surface area contributed by atoms with Crippen LogP contribution < -0.4 is 21.5 Å². The monoisotopic (exact) mass is 295 g/mol. The molecule has 0 bridgehead atoms. The summed E-state index contributed by atoms with van der Waals surface area (Å²) in [5.74, 6) is 9.55. The lowest BCUT2D eigenvalue weighted by molar-refractivity contribution is 0.567. The predicted octanol–water partition coefficient (Wildman–Crippen LogP) is 1.06. The molecule has 4 N–H and O–H groups in total. The number of rotatable bonds is 4. The van der Waals surface area contributed by atoms with E-state index in [0.717, 1.165) is 31.2 Å². The molecular formula is C12H21N7S. The van der Waals surface area contributed by atoms with E-state index in [-0.39, 0.29) is 0 Å². The fraction of sp³-hybridized carbons (Fsp3) is 0.750. The number of hydrogen-bond donors (Lipinski definition) is 3. The van der Waals surface area contributed by atoms with Crippen LogP contribution in [0.5, 0.6) is 0 Å². The zero-order valence-electron chi connectivity index (χ0n) is 11.5. The smallest absolute Gasteiger partial charge is 0.243 e. The Morgan fingerprint density at radius 3 is 2.60 bits per heavy atom. The third kappa shape index (κ3) is 3.24. The molecule has 7 nitrogen and oxygen atoms in total. The third-order valence-electron chi connectivity index (χ3n) is 3.65. The Balaban J connectivity index is 1.77. The van der Waals surface area contributed by atoms with Gasteiger partial charge in [-0.2, -0.15) is 26.7 Å². The lowest BCUT2D eigenvalue weighted by Gasteiger charge is -2.27. The molecule has 20 heavy (non-hydrogen) atoms. The van der Waals surface area contributed by atoms with Crippen LogP contribution in [-0.4, -0.2) is 45.6 Å². The Morgan fingerprint density at radius 2 is 1.90 bits per heavy atom. The Hall–Kier alpha value is -1.28. The summed E-state index contributed by atoms with van der Waals surface area (Å²) in [5.41, 5.74) is 2.54. The second kappa shape index (κ2) is 6.45. The molecule has 1 aromatic heterocycles. The van der Waals surface area contributed by atoms with Crippen molar-refractivity contribution in [3.8, 4) is 0 Å². The summed E-state index contributed by atoms with van der Waals surface area (Å²) in [4.78, 5) is 15.4. The largest absolute Gasteiger partial charge is 0.350 e. The first kappa shape index (κ1) is 13.7. The quantitative estimate of drug-likeness (QED) is 0.561. The van der Waals surface area contributed by atoms with E-state index >= 15 is 0 Å². The highest BCUT2D eigenvalue weighted by atomic mass is 32.2. The van der Waals surface area contributed by atoms with Gasteiger partial charge in [0.2, 0.25) is 17.8 Å². The highest BCUT2D eigenvalue weighted by molar-refractivity contribution is 7.99. The number of nitrogens with one attached hydrogen (secondary N) is 2. The van der Waals surface area contributed by atoms with Crippen molar-refractivity contribution in [2.24, 2.45) is 5.84 Å². The maximum Gasteiger partial charge on any atom is 0.243 e. The third-order valence-corrected chi connectivity index (χ3v) is 4.82. The first-order chi connectivity index (χ1) is 9.85. The number of hydrazine groups is 1. The maximum atomic E-state index is 5.47. The van der Waals surface area contributed by atoms with Gasteiger partial charge in [-0.1, -0.05) is 0 Å². The minimum absolute atomic E-state index is 0.425. The van der Waals surface area contributed by atoms with Crippen molar-refractivity contribution >= 4 is 29.6 Å². The molecule has 3 rings (SSSR count). The summed E-state index contributed by atoms with van der Waals surface area (Å²) < 4.78 is 0. The normalized spacial score (nSPS) is 22.9. The van der Waals surface area contributed by atoms with E-state index in [4.69, 9.17) is 5.84 Å². The van der Waals surface area contributed by atoms with E-state index in [0.29, 0.717) is 17.9 Å². The molecule has 2 saturated heterocycles. The van der Waals surface area contributed by atoms with Crippen molar-refractivity contribution in [2.45, 2.75) is 31.7 Å². The first-order valence-corrected chi connectivity index (χ1v) is 8.32. The molecule has 0 aliphatic carbocycles. The average molecular weight is 295 g/mol. The lowest BCUT2D eigenvalue weighted by atomic mass is 10.1. The number of thioether (sulfide) groups is 1. The van der Waals surface area contributed by atoms with Crippen molar-refractivity contribution in [3.05, 3.63) is 0 Å². The van der Waals surface area contributed by atoms with Gasteiger partial charge in [0.1, 0.15) is 0 Å². The second-order valence-corrected chi connectivity index (χ2v) is 6.33. The molecule has 0 radical (unpaired) electrons. The van der Waals surface area contributed by atoms with Crippen LogP contribution in [0.2, 0.25) is 0 Å². The summed E-state index contributed by atoms with van der Waals surface area (Å²) in [5, 5.41) is 3.39. The number of nitrogens with two attached hydrogens (primary N) is 1. The van der Waals surface area contributed by atoms with E-state index in [1.165, 1.54) is 25.0 Å². The lowest BCUT2D eigenvalue weighted by Crippen LogP contribution is -2.32. The molecule has 1 unspecified atom stereocenters. The number of hydrogen-bond acceptors (Lipinski definition) is 8. The Bertz CT molecular complexity index is 443. The number of anilines is 3. The fourth-order valence-corrected chi connectivity index (χ4v) is 3.71. The van der Waals surface area contributed by atoms with Gasteiger partial charge in [0.15, 0.2) is 0 Å². The van der Waals surface area contributed by atoms with E-state index in [2.05, 4.69) is 30.6 Å². The van der Waals surface area contributed by atoms with Crippen molar-refractivity contribution in [2.75, 3.05) is 40.2 Å². The van der Waals surface area contributed by atoms with Crippen molar-refractivity contribution < 1.29 is 0 Å². The molecule has 0 saturated carbocycles. The number of piperidine rings is 1. The SMILES string of the molecule is NNc1nc(NC2CCSC2)nc(N2CCCCC2)n1. The standard InChI is InChI=1S/C12H21N7S/c13-18-11-15-10(14-9-4-7-20-8-9)16-12(17-11)19-5-2-1-3-6-19/h9H,1-8,13H2,(H2,14,15,16,17,18). The van der Waals surface area contributed by atoms with Crippen molar-refractivity contribution in [3.63, 3.8) is 0 Å². The van der Waals surface area contributed by atoms with E-state index in [1.54, 1.807) is 0 Å². The van der Waals surface area contributed by atoms with E-state index in [9.17, 15) is 0 Å². The van der Waals surface area contributed by atoms with Gasteiger partial charge in [0.25, 0.3) is 0 Å². The predicted molar refractivity (Wildman–Crippen MR) is 83.1 cm³/mol. The maximum absolute atomic E-state index is 5.47. The molecule has 1 atom stereocenters. The molecule has 1 aromatic rings. The van der Waals surface area contributed by atoms with Crippen LogP contribution in [0.25, 0.3) is 0 Å². The molecular weight excluding hydrogens is 274 g/mol. The summed E-state index contributed by atoms with van der Waals surface area (Å²) >= 11 is 1.96. The zero-order chi connectivity index (χ0) is 13.8. The molecule has 2 aliphatic rings. The Labute approximate surface area is 123 Å². The van der Waals surface area contributed by atoms with E-state index < -0.39 is 0 Å². The number of aromatic nitrogens is 3. The van der Waals surface area contributed by atoms with Crippen LogP contribution in [0.4, 0.5) is 17.8 Å². The first-order valence-electron chi connectivity index (χ1n) is 7.17. The van der Waals surface area contributed by atoms with Crippen LogP contribution in [0.15, 0.2) is 0 Å². The molecule has 0 aromatic carbocycles. The summed E-state index contributed by atoms with van der Waals surface area (Å²) in [6.07, 6.45) is 4.83. The van der Waals surface area contributed by atoms with Crippen LogP contribution in [-0.2, 0) is 0 Å². The van der Waals surface area contributed by atoms with E-state index in [1.807, 2.05) is 11.8 Å². The van der Waals surface area contributed by atoms with Gasteiger partial charge >= 0.3 is 0 Å². The number of nitrogen functional groups attached to an aromatic ring is 1. The second-order valence-electron chi connectivity index (χ2n) is 5.18. The van der Waals surface area contributed by atoms with Gasteiger partial charge in [0, 0.05) is 24.9 Å². The van der Waals surface area contributed by atoms with Gasteiger partial charge in [-0.3, -0.25) is 5.43 Å². The summed E-state index contributed by atoms with van der Waals surface area (Å²) in [7, 11) is 0. The van der Waals surface area contributed by atoms with Crippen LogP contribution in [0.1, 0.15) is 25.7 Å². The summed E-state index contributed by atoms with van der Waals surface area (Å²) in [6, 6.07) is 0.447. The summed E-state index contributed by atoms with van der Waals surface area (Å²) in [6.45, 7) is 2.01. The molecule has 0 amide bonds. The molecule has 0 spiro atoms. The zero-order valence-corrected chi connectivity index (χ0v) is 12.3. The van der Waals surface area contributed by atoms with Gasteiger partial charge < -0.3 is 10.2 Å². The fourth-order valence-electron chi connectivity index (χ4n) is 2.56. The van der Waals surface area contributed by atoms with Crippen molar-refractivity contribution in [1.82, 2.24) is 15.0 Å². The van der Waals surface area contributed by atoms with Gasteiger partial charge in [0.05, 0.1) is 0 Å². The van der Waals surface area contributed by atoms with Crippen molar-refractivity contribution in [1.29, 1.82) is 0 Å². The molecule has 110 valence electrons. The highest BCUT2D eigenvalue weighted by Gasteiger charge is 2.19. The highest BCUT2D eigenvalue weighted by Crippen LogP contribution is 2.22. The van der Waals surface area contributed by atoms with Gasteiger partial charge in [-0.15, -0.1) is 0 Å². The topological polar surface area (TPSA) is 92.0 Å². The molecule has 8 heteroatoms. The molecule has 2 aliphatic heterocycles. The van der Waals surface area contributed by atoms with Crippen LogP contribution in [0.3, 0.4) is 0 Å². The minimum Gasteiger partial charge on any atom is -0.350 e. The molecule has 2 fully saturated rings. The van der Waals surface area contributed by atoms with Crippen LogP contribution in [0, 0.1) is 0 Å². The number of nitrogens with zero attached hydrogens (tertiary/aromatic N) is 4. The van der Waals surface area contributed by atoms with Gasteiger partial charge in [-0.05, 0) is 31.4 Å². The Kier molecular flexibility index (Phi) is 4.41. The minimum atomic E-state index is 0.425. The van der Waals surface area contributed by atoms with Crippen LogP contribution >= 0.6 is 11.8 Å². The Morgan fingerprint density at radius 1 is 1.10 bits per heavy atom.